The Morgan fingerprint density at radius 2 is 1.58 bits per heavy atom. The Morgan fingerprint density at radius 3 is 2.00 bits per heavy atom. The van der Waals surface area contributed by atoms with E-state index in [0.29, 0.717) is 15.9 Å². The minimum Gasteiger partial charge on any atom is -0.385 e. The largest absolute Gasteiger partial charge is 0.385 e. The van der Waals surface area contributed by atoms with Crippen LogP contribution in [0.3, 0.4) is 0 Å². The molecule has 2 rings (SSSR count). The fourth-order valence-electron chi connectivity index (χ4n) is 3.96. The molecule has 1 aromatic carbocycles. The molecule has 148 valence electrons. The maximum absolute atomic E-state index is 5.72. The maximum atomic E-state index is 5.72. The molecule has 0 aliphatic carbocycles. The van der Waals surface area contributed by atoms with E-state index < -0.39 is 0 Å². The smallest absolute Gasteiger partial charge is 0.0502 e. The topological polar surface area (TPSA) is 24.1 Å². The van der Waals surface area contributed by atoms with Gasteiger partial charge in [0.1, 0.15) is 0 Å². The molecule has 0 bridgehead atoms. The van der Waals surface area contributed by atoms with Gasteiger partial charge < -0.3 is 10.6 Å². The lowest BCUT2D eigenvalue weighted by Crippen LogP contribution is -2.27. The Hall–Kier alpha value is -0.610. The molecule has 4 atom stereocenters. The van der Waals surface area contributed by atoms with Crippen LogP contribution in [0.2, 0.25) is 0 Å². The maximum Gasteiger partial charge on any atom is 0.0502 e. The van der Waals surface area contributed by atoms with Crippen molar-refractivity contribution in [3.8, 4) is 0 Å². The zero-order valence-electron chi connectivity index (χ0n) is 17.5. The van der Waals surface area contributed by atoms with E-state index in [1.54, 1.807) is 0 Å². The molecule has 1 aliphatic rings. The summed E-state index contributed by atoms with van der Waals surface area (Å²) < 4.78 is 0.339. The van der Waals surface area contributed by atoms with Gasteiger partial charge in [0.15, 0.2) is 0 Å². The molecule has 26 heavy (non-hydrogen) atoms. The lowest BCUT2D eigenvalue weighted by atomic mass is 9.94. The van der Waals surface area contributed by atoms with Gasteiger partial charge in [0.2, 0.25) is 0 Å². The van der Waals surface area contributed by atoms with Gasteiger partial charge in [-0.1, -0.05) is 59.2 Å². The van der Waals surface area contributed by atoms with Gasteiger partial charge in [-0.2, -0.15) is 0 Å². The Kier molecular flexibility index (Phi) is 7.96. The van der Waals surface area contributed by atoms with E-state index in [2.05, 4.69) is 76.4 Å². The molecule has 1 fully saturated rings. The Morgan fingerprint density at radius 1 is 1.04 bits per heavy atom. The highest BCUT2D eigenvalue weighted by Crippen LogP contribution is 2.46. The van der Waals surface area contributed by atoms with Gasteiger partial charge in [-0.15, -0.1) is 9.45 Å². The van der Waals surface area contributed by atoms with E-state index in [0.717, 1.165) is 24.9 Å². The van der Waals surface area contributed by atoms with Crippen LogP contribution in [0.1, 0.15) is 60.8 Å². The van der Waals surface area contributed by atoms with Crippen LogP contribution < -0.4 is 10.6 Å². The second-order valence-electron chi connectivity index (χ2n) is 8.82. The van der Waals surface area contributed by atoms with Gasteiger partial charge in [-0.3, -0.25) is 0 Å². The highest BCUT2D eigenvalue weighted by Gasteiger charge is 2.56. The SMILES string of the molecule is CCC(CNc1ccc(NCC2(CC(C)C)C(C)S2=S)cc1)CC(C)C. The third-order valence-electron chi connectivity index (χ3n) is 5.61. The van der Waals surface area contributed by atoms with Crippen molar-refractivity contribution < 1.29 is 0 Å². The third-order valence-corrected chi connectivity index (χ3v) is 9.78. The zero-order chi connectivity index (χ0) is 19.3. The van der Waals surface area contributed by atoms with E-state index in [9.17, 15) is 0 Å². The van der Waals surface area contributed by atoms with Crippen molar-refractivity contribution in [3.05, 3.63) is 24.3 Å². The summed E-state index contributed by atoms with van der Waals surface area (Å²) >= 11 is 5.72. The predicted octanol–water partition coefficient (Wildman–Crippen LogP) is 5.85. The van der Waals surface area contributed by atoms with Gasteiger partial charge in [0.05, 0.1) is 4.75 Å². The first kappa shape index (κ1) is 21.7. The van der Waals surface area contributed by atoms with E-state index in [1.165, 1.54) is 30.6 Å². The molecule has 0 saturated carbocycles. The van der Waals surface area contributed by atoms with Gasteiger partial charge >= 0.3 is 0 Å². The van der Waals surface area contributed by atoms with Crippen LogP contribution in [0, 0.1) is 17.8 Å². The predicted molar refractivity (Wildman–Crippen MR) is 123 cm³/mol. The molecule has 0 spiro atoms. The summed E-state index contributed by atoms with van der Waals surface area (Å²) in [6, 6.07) is 8.79. The zero-order valence-corrected chi connectivity index (χ0v) is 19.1. The molecule has 1 aliphatic heterocycles. The summed E-state index contributed by atoms with van der Waals surface area (Å²) in [7, 11) is 0.143. The van der Waals surface area contributed by atoms with E-state index in [4.69, 9.17) is 11.2 Å². The fourth-order valence-corrected chi connectivity index (χ4v) is 7.31. The number of hydrogen-bond acceptors (Lipinski definition) is 3. The highest BCUT2D eigenvalue weighted by molar-refractivity contribution is 8.34. The van der Waals surface area contributed by atoms with Crippen LogP contribution in [0.4, 0.5) is 11.4 Å². The second-order valence-corrected chi connectivity index (χ2v) is 12.0. The minimum atomic E-state index is 0.143. The molecule has 2 nitrogen and oxygen atoms in total. The molecule has 4 heteroatoms. The number of hydrogen-bond donors (Lipinski definition) is 2. The molecular formula is C22H38N2S2. The molecule has 0 radical (unpaired) electrons. The molecule has 0 aromatic heterocycles. The lowest BCUT2D eigenvalue weighted by Gasteiger charge is -2.20. The Balaban J connectivity index is 1.85. The third kappa shape index (κ3) is 5.69. The van der Waals surface area contributed by atoms with Crippen LogP contribution in [0.25, 0.3) is 0 Å². The minimum absolute atomic E-state index is 0.143. The average molecular weight is 395 g/mol. The lowest BCUT2D eigenvalue weighted by molar-refractivity contribution is 0.415. The van der Waals surface area contributed by atoms with Crippen molar-refractivity contribution >= 4 is 32.0 Å². The van der Waals surface area contributed by atoms with E-state index in [-0.39, 0.29) is 9.45 Å². The van der Waals surface area contributed by atoms with Crippen molar-refractivity contribution in [2.45, 2.75) is 70.8 Å². The Labute approximate surface area is 168 Å². The van der Waals surface area contributed by atoms with Gasteiger partial charge in [-0.05, 0) is 54.9 Å². The molecule has 2 N–H and O–H groups in total. The quantitative estimate of drug-likeness (QED) is 0.460. The highest BCUT2D eigenvalue weighted by atomic mass is 32.8. The van der Waals surface area contributed by atoms with Gasteiger partial charge in [-0.25, -0.2) is 0 Å². The van der Waals surface area contributed by atoms with E-state index >= 15 is 0 Å². The number of rotatable bonds is 11. The van der Waals surface area contributed by atoms with Crippen LogP contribution >= 0.6 is 0 Å². The van der Waals surface area contributed by atoms with Crippen LogP contribution in [0.15, 0.2) is 24.3 Å². The molecule has 1 saturated heterocycles. The fraction of sp³-hybridized carbons (Fsp3) is 0.727. The number of anilines is 2. The average Bonchev–Trinajstić information content (AvgIpc) is 3.09. The molecule has 4 unspecified atom stereocenters. The molecule has 0 amide bonds. The number of benzene rings is 1. The van der Waals surface area contributed by atoms with Crippen molar-refractivity contribution in [1.82, 2.24) is 0 Å². The van der Waals surface area contributed by atoms with Crippen LogP contribution in [0.5, 0.6) is 0 Å². The normalized spacial score (nSPS) is 26.2. The van der Waals surface area contributed by atoms with Crippen molar-refractivity contribution in [2.75, 3.05) is 23.7 Å². The Bertz CT molecular complexity index is 582. The summed E-state index contributed by atoms with van der Waals surface area (Å²) in [5.74, 6) is 2.24. The number of nitrogens with one attached hydrogen (secondary N) is 2. The van der Waals surface area contributed by atoms with Gasteiger partial charge in [0.25, 0.3) is 0 Å². The second kappa shape index (κ2) is 9.54. The summed E-state index contributed by atoms with van der Waals surface area (Å²) in [6.07, 6.45) is 3.77. The monoisotopic (exact) mass is 394 g/mol. The first-order chi connectivity index (χ1) is 12.3. The van der Waals surface area contributed by atoms with Crippen LogP contribution in [-0.4, -0.2) is 23.1 Å². The van der Waals surface area contributed by atoms with Crippen LogP contribution in [-0.2, 0) is 20.6 Å². The summed E-state index contributed by atoms with van der Waals surface area (Å²) in [5, 5.41) is 7.95. The summed E-state index contributed by atoms with van der Waals surface area (Å²) in [6.45, 7) is 15.9. The standard InChI is InChI=1S/C22H38N2S2/c1-7-19(12-16(2)3)14-23-20-8-10-21(11-9-20)24-15-22(13-17(4)5)18(6)26(22)25/h8-11,16-19,23-24H,7,12-15H2,1-6H3. The van der Waals surface area contributed by atoms with Gasteiger partial charge in [0, 0.05) is 29.7 Å². The first-order valence-electron chi connectivity index (χ1n) is 10.3. The summed E-state index contributed by atoms with van der Waals surface area (Å²) in [4.78, 5) is 0. The summed E-state index contributed by atoms with van der Waals surface area (Å²) in [5.41, 5.74) is 2.43. The molecule has 1 aromatic rings. The van der Waals surface area contributed by atoms with E-state index in [1.807, 2.05) is 0 Å². The van der Waals surface area contributed by atoms with Crippen molar-refractivity contribution in [3.63, 3.8) is 0 Å². The molecule has 1 heterocycles. The molecular weight excluding hydrogens is 356 g/mol. The first-order valence-corrected chi connectivity index (χ1v) is 12.5. The van der Waals surface area contributed by atoms with Crippen molar-refractivity contribution in [1.29, 1.82) is 0 Å². The van der Waals surface area contributed by atoms with Crippen molar-refractivity contribution in [2.24, 2.45) is 17.8 Å².